The van der Waals surface area contributed by atoms with E-state index in [9.17, 15) is 14.4 Å². The Balaban J connectivity index is 1.71. The van der Waals surface area contributed by atoms with Crippen LogP contribution in [0, 0.1) is 0 Å². The number of hydrogen-bond acceptors (Lipinski definition) is 5. The van der Waals surface area contributed by atoms with Crippen LogP contribution in [0.3, 0.4) is 0 Å². The third-order valence-corrected chi connectivity index (χ3v) is 6.08. The van der Waals surface area contributed by atoms with Crippen LogP contribution in [0.4, 0.5) is 0 Å². The normalized spacial score (nSPS) is 15.3. The van der Waals surface area contributed by atoms with Crippen LogP contribution in [0.15, 0.2) is 59.5 Å². The summed E-state index contributed by atoms with van der Waals surface area (Å²) >= 11 is 6.42. The first-order chi connectivity index (χ1) is 14.4. The van der Waals surface area contributed by atoms with Gasteiger partial charge >= 0.3 is 5.97 Å². The monoisotopic (exact) mass is 436 g/mol. The minimum atomic E-state index is -1.16. The van der Waals surface area contributed by atoms with E-state index in [1.807, 2.05) is 54.6 Å². The fourth-order valence-corrected chi connectivity index (χ4v) is 4.58. The lowest BCUT2D eigenvalue weighted by molar-refractivity contribution is -0.138. The van der Waals surface area contributed by atoms with Crippen LogP contribution in [-0.4, -0.2) is 45.2 Å². The number of amides is 2. The molecular formula is C22H16N2O4S2. The highest BCUT2D eigenvalue weighted by Crippen LogP contribution is 2.36. The number of thioether (sulfide) groups is 1. The van der Waals surface area contributed by atoms with E-state index in [1.54, 1.807) is 0 Å². The number of hydrogen-bond donors (Lipinski definition) is 2. The van der Waals surface area contributed by atoms with E-state index in [0.717, 1.165) is 38.9 Å². The van der Waals surface area contributed by atoms with Gasteiger partial charge in [0.2, 0.25) is 5.91 Å². The lowest BCUT2D eigenvalue weighted by Gasteiger charge is -2.13. The van der Waals surface area contributed by atoms with Gasteiger partial charge in [-0.1, -0.05) is 72.5 Å². The first-order valence-corrected chi connectivity index (χ1v) is 10.3. The van der Waals surface area contributed by atoms with Crippen LogP contribution >= 0.6 is 24.0 Å². The zero-order chi connectivity index (χ0) is 21.3. The van der Waals surface area contributed by atoms with Crippen LogP contribution in [0.25, 0.3) is 27.6 Å². The molecule has 3 aromatic carbocycles. The van der Waals surface area contributed by atoms with Crippen molar-refractivity contribution >= 4 is 73.7 Å². The molecule has 1 fully saturated rings. The van der Waals surface area contributed by atoms with Gasteiger partial charge in [0, 0.05) is 0 Å². The first kappa shape index (κ1) is 20.1. The molecule has 6 nitrogen and oxygen atoms in total. The quantitative estimate of drug-likeness (QED) is 0.362. The molecule has 2 N–H and O–H groups in total. The summed E-state index contributed by atoms with van der Waals surface area (Å²) in [5.74, 6) is -2.10. The molecule has 4 rings (SSSR count). The van der Waals surface area contributed by atoms with Crippen molar-refractivity contribution in [3.8, 4) is 0 Å². The smallest absolute Gasteiger partial charge is 0.322 e. The zero-order valence-electron chi connectivity index (χ0n) is 15.6. The van der Waals surface area contributed by atoms with Crippen LogP contribution in [0.1, 0.15) is 5.56 Å². The summed E-state index contributed by atoms with van der Waals surface area (Å²) in [5, 5.41) is 15.1. The molecule has 0 radical (unpaired) electrons. The van der Waals surface area contributed by atoms with Crippen LogP contribution in [0.5, 0.6) is 0 Å². The van der Waals surface area contributed by atoms with Gasteiger partial charge in [0.15, 0.2) is 0 Å². The van der Waals surface area contributed by atoms with Crippen LogP contribution in [-0.2, 0) is 14.4 Å². The zero-order valence-corrected chi connectivity index (χ0v) is 17.3. The summed E-state index contributed by atoms with van der Waals surface area (Å²) in [5.41, 5.74) is 0.916. The van der Waals surface area contributed by atoms with Crippen molar-refractivity contribution in [2.75, 3.05) is 13.1 Å². The molecule has 0 atom stereocenters. The number of thiocarbonyl (C=S) groups is 1. The van der Waals surface area contributed by atoms with Crippen molar-refractivity contribution in [1.29, 1.82) is 0 Å². The maximum absolute atomic E-state index is 12.9. The van der Waals surface area contributed by atoms with E-state index < -0.39 is 18.4 Å². The van der Waals surface area contributed by atoms with Gasteiger partial charge in [0.1, 0.15) is 17.4 Å². The number of carbonyl (C=O) groups excluding carboxylic acids is 2. The lowest BCUT2D eigenvalue weighted by atomic mass is 9.96. The number of rotatable bonds is 5. The number of nitrogens with one attached hydrogen (secondary N) is 1. The number of fused-ring (bicyclic) bond motifs is 2. The minimum absolute atomic E-state index is 0.265. The molecule has 30 heavy (non-hydrogen) atoms. The van der Waals surface area contributed by atoms with Crippen LogP contribution < -0.4 is 5.32 Å². The maximum Gasteiger partial charge on any atom is 0.322 e. The van der Waals surface area contributed by atoms with Crippen molar-refractivity contribution in [3.05, 3.63) is 65.1 Å². The number of benzene rings is 3. The second-order valence-corrected chi connectivity index (χ2v) is 8.35. The Morgan fingerprint density at radius 1 is 1.07 bits per heavy atom. The van der Waals surface area contributed by atoms with E-state index in [4.69, 9.17) is 17.3 Å². The highest BCUT2D eigenvalue weighted by molar-refractivity contribution is 8.26. The summed E-state index contributed by atoms with van der Waals surface area (Å²) in [4.78, 5) is 37.1. The second kappa shape index (κ2) is 8.25. The summed E-state index contributed by atoms with van der Waals surface area (Å²) in [7, 11) is 0. The molecule has 0 bridgehead atoms. The molecule has 150 valence electrons. The molecule has 2 amide bonds. The topological polar surface area (TPSA) is 86.7 Å². The van der Waals surface area contributed by atoms with Gasteiger partial charge in [0.05, 0.1) is 4.91 Å². The fraction of sp³-hybridized carbons (Fsp3) is 0.0909. The number of carbonyl (C=O) groups is 3. The van der Waals surface area contributed by atoms with Crippen molar-refractivity contribution in [2.24, 2.45) is 0 Å². The third kappa shape index (κ3) is 3.92. The second-order valence-electron chi connectivity index (χ2n) is 6.67. The predicted octanol–water partition coefficient (Wildman–Crippen LogP) is 3.40. The fourth-order valence-electron chi connectivity index (χ4n) is 3.35. The van der Waals surface area contributed by atoms with E-state index in [0.29, 0.717) is 4.91 Å². The van der Waals surface area contributed by atoms with Crippen LogP contribution in [0.2, 0.25) is 0 Å². The van der Waals surface area contributed by atoms with Gasteiger partial charge in [-0.3, -0.25) is 19.3 Å². The van der Waals surface area contributed by atoms with Gasteiger partial charge in [-0.25, -0.2) is 0 Å². The lowest BCUT2D eigenvalue weighted by Crippen LogP contribution is -2.41. The van der Waals surface area contributed by atoms with Gasteiger partial charge in [-0.15, -0.1) is 0 Å². The molecule has 3 aromatic rings. The number of aliphatic carboxylic acids is 1. The van der Waals surface area contributed by atoms with Gasteiger partial charge < -0.3 is 10.4 Å². The van der Waals surface area contributed by atoms with Gasteiger partial charge in [0.25, 0.3) is 5.91 Å². The van der Waals surface area contributed by atoms with E-state index in [2.05, 4.69) is 11.4 Å². The molecule has 0 saturated carbocycles. The molecule has 8 heteroatoms. The predicted molar refractivity (Wildman–Crippen MR) is 122 cm³/mol. The van der Waals surface area contributed by atoms with Crippen molar-refractivity contribution in [1.82, 2.24) is 10.2 Å². The van der Waals surface area contributed by atoms with Crippen molar-refractivity contribution in [3.63, 3.8) is 0 Å². The highest BCUT2D eigenvalue weighted by Gasteiger charge is 2.33. The van der Waals surface area contributed by atoms with E-state index >= 15 is 0 Å². The average molecular weight is 437 g/mol. The molecule has 0 unspecified atom stereocenters. The molecule has 1 heterocycles. The Kier molecular flexibility index (Phi) is 5.52. The SMILES string of the molecule is O=C(O)CNC(=O)CN1C(=O)/C(=C/c2c3ccccc3cc3ccccc23)SC1=S. The Morgan fingerprint density at radius 3 is 2.27 bits per heavy atom. The van der Waals surface area contributed by atoms with Gasteiger partial charge in [-0.05, 0) is 39.3 Å². The molecular weight excluding hydrogens is 420 g/mol. The minimum Gasteiger partial charge on any atom is -0.480 e. The van der Waals surface area contributed by atoms with Crippen molar-refractivity contribution in [2.45, 2.75) is 0 Å². The molecule has 0 spiro atoms. The van der Waals surface area contributed by atoms with E-state index in [1.165, 1.54) is 4.90 Å². The molecule has 1 aliphatic heterocycles. The Morgan fingerprint density at radius 2 is 1.67 bits per heavy atom. The largest absolute Gasteiger partial charge is 0.480 e. The van der Waals surface area contributed by atoms with Crippen molar-refractivity contribution < 1.29 is 19.5 Å². The molecule has 1 aliphatic rings. The standard InChI is InChI=1S/C22H16N2O4S2/c25-19(23-11-20(26)27)12-24-21(28)18(30-22(24)29)10-17-15-7-3-1-5-13(15)9-14-6-2-4-8-16(14)17/h1-10H,11-12H2,(H,23,25)(H,26,27)/b18-10-. The number of nitrogens with zero attached hydrogens (tertiary/aromatic N) is 1. The summed E-state index contributed by atoms with van der Waals surface area (Å²) in [6.07, 6.45) is 1.82. The number of carboxylic acid groups (broad SMARTS) is 1. The van der Waals surface area contributed by atoms with E-state index in [-0.39, 0.29) is 16.8 Å². The third-order valence-electron chi connectivity index (χ3n) is 4.70. The Labute approximate surface area is 181 Å². The Bertz CT molecular complexity index is 1200. The summed E-state index contributed by atoms with van der Waals surface area (Å²) in [6, 6.07) is 18.0. The number of carboxylic acids is 1. The average Bonchev–Trinajstić information content (AvgIpc) is 2.99. The van der Waals surface area contributed by atoms with Gasteiger partial charge in [-0.2, -0.15) is 0 Å². The molecule has 1 saturated heterocycles. The molecule has 0 aromatic heterocycles. The first-order valence-electron chi connectivity index (χ1n) is 9.08. The summed E-state index contributed by atoms with van der Waals surface area (Å²) < 4.78 is 0.265. The maximum atomic E-state index is 12.9. The Hall–Kier alpha value is -3.23. The molecule has 0 aliphatic carbocycles. The highest BCUT2D eigenvalue weighted by atomic mass is 32.2. The summed E-state index contributed by atoms with van der Waals surface area (Å²) in [6.45, 7) is -0.822.